The first kappa shape index (κ1) is 16.6. The van der Waals surface area contributed by atoms with Crippen LogP contribution >= 0.6 is 11.3 Å². The van der Waals surface area contributed by atoms with Crippen molar-refractivity contribution in [1.82, 2.24) is 10.3 Å². The van der Waals surface area contributed by atoms with E-state index in [1.807, 2.05) is 12.4 Å². The molecule has 1 heterocycles. The van der Waals surface area contributed by atoms with Crippen molar-refractivity contribution in [2.75, 3.05) is 26.3 Å². The summed E-state index contributed by atoms with van der Waals surface area (Å²) in [6, 6.07) is 0. The fourth-order valence-electron chi connectivity index (χ4n) is 1.62. The molecule has 19 heavy (non-hydrogen) atoms. The van der Waals surface area contributed by atoms with Crippen LogP contribution in [-0.2, 0) is 11.2 Å². The Bertz CT molecular complexity index is 361. The number of aliphatic hydroxyl groups excluding tert-OH is 1. The Labute approximate surface area is 120 Å². The van der Waals surface area contributed by atoms with Gasteiger partial charge in [0.2, 0.25) is 0 Å². The number of aliphatic hydroxyl groups is 1. The fraction of sp³-hybridized carbons (Fsp3) is 0.786. The molecule has 0 saturated heterocycles. The molecule has 110 valence electrons. The Morgan fingerprint density at radius 3 is 2.79 bits per heavy atom. The molecule has 0 spiro atoms. The molecule has 0 aromatic carbocycles. The van der Waals surface area contributed by atoms with E-state index in [-0.39, 0.29) is 5.41 Å². The van der Waals surface area contributed by atoms with E-state index in [4.69, 9.17) is 4.74 Å². The first-order valence-electron chi connectivity index (χ1n) is 6.74. The summed E-state index contributed by atoms with van der Waals surface area (Å²) in [5.74, 6) is 0. The minimum Gasteiger partial charge on any atom is -0.389 e. The highest BCUT2D eigenvalue weighted by Crippen LogP contribution is 2.12. The minimum atomic E-state index is -0.440. The van der Waals surface area contributed by atoms with Gasteiger partial charge in [0.05, 0.1) is 30.5 Å². The topological polar surface area (TPSA) is 54.4 Å². The van der Waals surface area contributed by atoms with E-state index in [1.54, 1.807) is 11.3 Å². The van der Waals surface area contributed by atoms with Crippen molar-refractivity contribution in [3.63, 3.8) is 0 Å². The molecule has 5 heteroatoms. The van der Waals surface area contributed by atoms with Crippen molar-refractivity contribution in [2.45, 2.75) is 40.2 Å². The Kier molecular flexibility index (Phi) is 6.93. The van der Waals surface area contributed by atoms with Gasteiger partial charge in [-0.3, -0.25) is 0 Å². The fourth-order valence-corrected chi connectivity index (χ4v) is 2.39. The van der Waals surface area contributed by atoms with Crippen molar-refractivity contribution in [3.05, 3.63) is 16.1 Å². The lowest BCUT2D eigenvalue weighted by atomic mass is 9.97. The molecule has 0 fully saturated rings. The van der Waals surface area contributed by atoms with Gasteiger partial charge in [0, 0.05) is 24.4 Å². The lowest BCUT2D eigenvalue weighted by molar-refractivity contribution is 0.0376. The quantitative estimate of drug-likeness (QED) is 0.718. The number of aryl methyl sites for hydroxylation is 1. The summed E-state index contributed by atoms with van der Waals surface area (Å²) in [7, 11) is 0. The number of hydrogen-bond donors (Lipinski definition) is 2. The van der Waals surface area contributed by atoms with Gasteiger partial charge in [-0.2, -0.15) is 0 Å². The van der Waals surface area contributed by atoms with E-state index >= 15 is 0 Å². The van der Waals surface area contributed by atoms with Crippen molar-refractivity contribution >= 4 is 11.3 Å². The van der Waals surface area contributed by atoms with Gasteiger partial charge in [-0.1, -0.05) is 20.8 Å². The number of aromatic nitrogens is 1. The molecule has 2 N–H and O–H groups in total. The highest BCUT2D eigenvalue weighted by Gasteiger charge is 2.11. The molecule has 0 aliphatic carbocycles. The molecule has 0 radical (unpaired) electrons. The first-order chi connectivity index (χ1) is 8.88. The van der Waals surface area contributed by atoms with E-state index in [1.165, 1.54) is 4.88 Å². The van der Waals surface area contributed by atoms with Gasteiger partial charge in [0.25, 0.3) is 0 Å². The molecule has 0 aliphatic rings. The van der Waals surface area contributed by atoms with Crippen LogP contribution in [0.1, 0.15) is 31.3 Å². The molecule has 0 aliphatic heterocycles. The van der Waals surface area contributed by atoms with Gasteiger partial charge in [-0.15, -0.1) is 11.3 Å². The third-order valence-corrected chi connectivity index (χ3v) is 3.66. The molecule has 4 nitrogen and oxygen atoms in total. The predicted octanol–water partition coefficient (Wildman–Crippen LogP) is 2.01. The van der Waals surface area contributed by atoms with Crippen molar-refractivity contribution in [1.29, 1.82) is 0 Å². The summed E-state index contributed by atoms with van der Waals surface area (Å²) >= 11 is 1.66. The van der Waals surface area contributed by atoms with Crippen LogP contribution < -0.4 is 5.32 Å². The van der Waals surface area contributed by atoms with E-state index in [2.05, 4.69) is 31.1 Å². The molecule has 1 unspecified atom stereocenters. The summed E-state index contributed by atoms with van der Waals surface area (Å²) in [5, 5.41) is 13.0. The molecule has 1 atom stereocenters. The van der Waals surface area contributed by atoms with Gasteiger partial charge in [-0.25, -0.2) is 4.98 Å². The Morgan fingerprint density at radius 1 is 1.47 bits per heavy atom. The predicted molar refractivity (Wildman–Crippen MR) is 79.7 cm³/mol. The summed E-state index contributed by atoms with van der Waals surface area (Å²) < 4.78 is 5.50. The van der Waals surface area contributed by atoms with Gasteiger partial charge in [-0.05, 0) is 12.3 Å². The summed E-state index contributed by atoms with van der Waals surface area (Å²) in [4.78, 5) is 5.46. The lowest BCUT2D eigenvalue weighted by Gasteiger charge is -2.20. The monoisotopic (exact) mass is 286 g/mol. The number of nitrogens with zero attached hydrogens (tertiary/aromatic N) is 1. The molecule has 0 saturated carbocycles. The smallest absolute Gasteiger partial charge is 0.0897 e. The zero-order valence-electron chi connectivity index (χ0n) is 12.4. The maximum atomic E-state index is 9.76. The molecule has 1 aromatic rings. The van der Waals surface area contributed by atoms with Gasteiger partial charge in [0.15, 0.2) is 0 Å². The van der Waals surface area contributed by atoms with Crippen molar-refractivity contribution in [3.8, 4) is 0 Å². The minimum absolute atomic E-state index is 0.240. The van der Waals surface area contributed by atoms with E-state index in [0.29, 0.717) is 19.8 Å². The zero-order valence-corrected chi connectivity index (χ0v) is 13.2. The third kappa shape index (κ3) is 7.62. The van der Waals surface area contributed by atoms with E-state index < -0.39 is 6.10 Å². The highest BCUT2D eigenvalue weighted by atomic mass is 32.1. The van der Waals surface area contributed by atoms with Crippen LogP contribution in [0, 0.1) is 12.3 Å². The summed E-state index contributed by atoms with van der Waals surface area (Å²) in [6.07, 6.45) is 0.434. The van der Waals surface area contributed by atoms with Crippen LogP contribution in [0.25, 0.3) is 0 Å². The number of rotatable bonds is 8. The average molecular weight is 286 g/mol. The SMILES string of the molecule is Cc1ncsc1CCOCC(O)CNCC(C)(C)C. The van der Waals surface area contributed by atoms with Crippen molar-refractivity contribution in [2.24, 2.45) is 5.41 Å². The largest absolute Gasteiger partial charge is 0.389 e. The Balaban J connectivity index is 2.04. The molecule has 0 bridgehead atoms. The van der Waals surface area contributed by atoms with Gasteiger partial charge < -0.3 is 15.2 Å². The standard InChI is InChI=1S/C14H26N2O2S/c1-11-13(19-10-16-11)5-6-18-8-12(17)7-15-9-14(2,3)4/h10,12,15,17H,5-9H2,1-4H3. The van der Waals surface area contributed by atoms with Gasteiger partial charge in [0.1, 0.15) is 0 Å². The summed E-state index contributed by atoms with van der Waals surface area (Å²) in [6.45, 7) is 11.0. The third-order valence-electron chi connectivity index (χ3n) is 2.66. The maximum Gasteiger partial charge on any atom is 0.0897 e. The van der Waals surface area contributed by atoms with E-state index in [9.17, 15) is 5.11 Å². The van der Waals surface area contributed by atoms with E-state index in [0.717, 1.165) is 18.7 Å². The highest BCUT2D eigenvalue weighted by molar-refractivity contribution is 7.09. The number of thiazole rings is 1. The molecular formula is C14H26N2O2S. The van der Waals surface area contributed by atoms with Crippen LogP contribution in [0.3, 0.4) is 0 Å². The zero-order chi connectivity index (χ0) is 14.3. The molecule has 0 amide bonds. The normalized spacial score (nSPS) is 13.7. The first-order valence-corrected chi connectivity index (χ1v) is 7.62. The lowest BCUT2D eigenvalue weighted by Crippen LogP contribution is -2.35. The van der Waals surface area contributed by atoms with Crippen LogP contribution in [0.5, 0.6) is 0 Å². The summed E-state index contributed by atoms with van der Waals surface area (Å²) in [5.41, 5.74) is 3.18. The number of nitrogens with one attached hydrogen (secondary N) is 1. The van der Waals surface area contributed by atoms with Gasteiger partial charge >= 0.3 is 0 Å². The Hall–Kier alpha value is -0.490. The average Bonchev–Trinajstić information content (AvgIpc) is 2.69. The molecular weight excluding hydrogens is 260 g/mol. The number of hydrogen-bond acceptors (Lipinski definition) is 5. The van der Waals surface area contributed by atoms with Crippen LogP contribution in [0.15, 0.2) is 5.51 Å². The van der Waals surface area contributed by atoms with Crippen LogP contribution in [0.4, 0.5) is 0 Å². The Morgan fingerprint density at radius 2 is 2.21 bits per heavy atom. The molecule has 1 rings (SSSR count). The second kappa shape index (κ2) is 7.94. The number of ether oxygens (including phenoxy) is 1. The second-order valence-corrected chi connectivity index (χ2v) is 6.97. The van der Waals surface area contributed by atoms with Crippen LogP contribution in [-0.4, -0.2) is 42.5 Å². The second-order valence-electron chi connectivity index (χ2n) is 6.03. The molecule has 1 aromatic heterocycles. The van der Waals surface area contributed by atoms with Crippen LogP contribution in [0.2, 0.25) is 0 Å². The van der Waals surface area contributed by atoms with Crippen molar-refractivity contribution < 1.29 is 9.84 Å². The maximum absolute atomic E-state index is 9.76.